The third kappa shape index (κ3) is 6.15. The molecule has 0 spiro atoms. The molecule has 0 fully saturated rings. The largest absolute Gasteiger partial charge is 0.495 e. The number of nitrogens with zero attached hydrogens (tertiary/aromatic N) is 1. The second-order valence-electron chi connectivity index (χ2n) is 4.45. The molecule has 0 saturated carbocycles. The van der Waals surface area contributed by atoms with E-state index in [4.69, 9.17) is 22.1 Å². The van der Waals surface area contributed by atoms with E-state index in [0.29, 0.717) is 26.5 Å². The van der Waals surface area contributed by atoms with Gasteiger partial charge in [-0.15, -0.1) is 24.0 Å². The van der Waals surface area contributed by atoms with E-state index < -0.39 is 0 Å². The van der Waals surface area contributed by atoms with Crippen LogP contribution in [0, 0.1) is 5.82 Å². The summed E-state index contributed by atoms with van der Waals surface area (Å²) in [6, 6.07) is 9.75. The molecule has 4 nitrogen and oxygen atoms in total. The van der Waals surface area contributed by atoms with Crippen molar-refractivity contribution in [1.82, 2.24) is 0 Å². The number of aliphatic imine (C=N–C) groups is 1. The van der Waals surface area contributed by atoms with Crippen LogP contribution >= 0.6 is 51.5 Å². The van der Waals surface area contributed by atoms with Crippen molar-refractivity contribution in [3.8, 4) is 5.75 Å². The second-order valence-corrected chi connectivity index (χ2v) is 5.78. The number of anilines is 1. The molecule has 124 valence electrons. The Morgan fingerprint density at radius 3 is 2.70 bits per heavy atom. The monoisotopic (exact) mass is 513 g/mol. The van der Waals surface area contributed by atoms with Crippen molar-refractivity contribution in [2.75, 3.05) is 12.4 Å². The van der Waals surface area contributed by atoms with E-state index in [1.165, 1.54) is 12.1 Å². The third-order valence-electron chi connectivity index (χ3n) is 2.78. The Morgan fingerprint density at radius 2 is 2.09 bits per heavy atom. The minimum absolute atomic E-state index is 0. The average molecular weight is 515 g/mol. The molecule has 2 aromatic carbocycles. The molecule has 23 heavy (non-hydrogen) atoms. The lowest BCUT2D eigenvalue weighted by Gasteiger charge is -2.08. The first kappa shape index (κ1) is 20.0. The van der Waals surface area contributed by atoms with Crippen molar-refractivity contribution in [3.63, 3.8) is 0 Å². The van der Waals surface area contributed by atoms with E-state index in [9.17, 15) is 4.39 Å². The van der Waals surface area contributed by atoms with Gasteiger partial charge in [-0.25, -0.2) is 9.38 Å². The molecular formula is C15H15BrClFIN3O. The van der Waals surface area contributed by atoms with Gasteiger partial charge in [-0.2, -0.15) is 0 Å². The molecule has 0 saturated heterocycles. The van der Waals surface area contributed by atoms with E-state index in [0.717, 1.165) is 0 Å². The molecule has 8 heteroatoms. The molecule has 0 bridgehead atoms. The van der Waals surface area contributed by atoms with Gasteiger partial charge in [0, 0.05) is 10.2 Å². The van der Waals surface area contributed by atoms with Gasteiger partial charge >= 0.3 is 0 Å². The first-order valence-electron chi connectivity index (χ1n) is 6.33. The molecule has 0 aliphatic rings. The number of methoxy groups -OCH3 is 1. The highest BCUT2D eigenvalue weighted by Gasteiger charge is 2.03. The third-order valence-corrected chi connectivity index (χ3v) is 3.53. The zero-order valence-corrected chi connectivity index (χ0v) is 16.8. The van der Waals surface area contributed by atoms with E-state index >= 15 is 0 Å². The van der Waals surface area contributed by atoms with Crippen molar-refractivity contribution in [3.05, 3.63) is 57.3 Å². The molecular weight excluding hydrogens is 499 g/mol. The van der Waals surface area contributed by atoms with Crippen LogP contribution in [0.1, 0.15) is 5.56 Å². The smallest absolute Gasteiger partial charge is 0.193 e. The predicted octanol–water partition coefficient (Wildman–Crippen LogP) is 4.80. The topological polar surface area (TPSA) is 59.6 Å². The fourth-order valence-corrected chi connectivity index (χ4v) is 2.58. The van der Waals surface area contributed by atoms with Crippen LogP contribution in [0.4, 0.5) is 10.1 Å². The van der Waals surface area contributed by atoms with Crippen LogP contribution in [0.25, 0.3) is 0 Å². The van der Waals surface area contributed by atoms with Gasteiger partial charge in [-0.05, 0) is 42.0 Å². The highest BCUT2D eigenvalue weighted by molar-refractivity contribution is 14.0. The summed E-state index contributed by atoms with van der Waals surface area (Å²) in [6.45, 7) is 0.263. The molecule has 0 aromatic heterocycles. The summed E-state index contributed by atoms with van der Waals surface area (Å²) in [5.41, 5.74) is 7.21. The quantitative estimate of drug-likeness (QED) is 0.350. The number of halogens is 4. The average Bonchev–Trinajstić information content (AvgIpc) is 2.44. The number of ether oxygens (including phenoxy) is 1. The first-order chi connectivity index (χ1) is 10.5. The van der Waals surface area contributed by atoms with Gasteiger partial charge in [-0.3, -0.25) is 0 Å². The van der Waals surface area contributed by atoms with Crippen molar-refractivity contribution >= 4 is 63.2 Å². The molecule has 2 rings (SSSR count). The van der Waals surface area contributed by atoms with Crippen molar-refractivity contribution in [1.29, 1.82) is 0 Å². The van der Waals surface area contributed by atoms with Gasteiger partial charge in [0.05, 0.1) is 18.7 Å². The lowest BCUT2D eigenvalue weighted by Crippen LogP contribution is -2.22. The van der Waals surface area contributed by atoms with E-state index in [2.05, 4.69) is 26.2 Å². The van der Waals surface area contributed by atoms with Crippen LogP contribution in [0.5, 0.6) is 5.75 Å². The first-order valence-corrected chi connectivity index (χ1v) is 7.50. The molecule has 0 unspecified atom stereocenters. The lowest BCUT2D eigenvalue weighted by atomic mass is 10.2. The fourth-order valence-electron chi connectivity index (χ4n) is 1.81. The van der Waals surface area contributed by atoms with Crippen molar-refractivity contribution < 1.29 is 9.13 Å². The molecule has 0 heterocycles. The van der Waals surface area contributed by atoms with Crippen LogP contribution in [0.2, 0.25) is 5.02 Å². The van der Waals surface area contributed by atoms with Crippen LogP contribution in [0.15, 0.2) is 45.9 Å². The summed E-state index contributed by atoms with van der Waals surface area (Å²) >= 11 is 9.26. The van der Waals surface area contributed by atoms with E-state index in [1.807, 2.05) is 0 Å². The van der Waals surface area contributed by atoms with Gasteiger partial charge in [-0.1, -0.05) is 27.5 Å². The zero-order valence-electron chi connectivity index (χ0n) is 12.1. The van der Waals surface area contributed by atoms with Crippen LogP contribution in [-0.2, 0) is 6.54 Å². The second kappa shape index (κ2) is 9.29. The number of guanidine groups is 1. The number of nitrogens with one attached hydrogen (secondary N) is 1. The number of hydrogen-bond donors (Lipinski definition) is 2. The van der Waals surface area contributed by atoms with Gasteiger partial charge < -0.3 is 15.8 Å². The Bertz CT molecular complexity index is 695. The number of hydrogen-bond acceptors (Lipinski definition) is 2. The Balaban J connectivity index is 0.00000264. The normalized spacial score (nSPS) is 10.9. The minimum Gasteiger partial charge on any atom is -0.495 e. The van der Waals surface area contributed by atoms with Crippen molar-refractivity contribution in [2.24, 2.45) is 10.7 Å². The van der Waals surface area contributed by atoms with Gasteiger partial charge in [0.15, 0.2) is 5.96 Å². The highest BCUT2D eigenvalue weighted by Crippen LogP contribution is 2.27. The Kier molecular flexibility index (Phi) is 8.07. The number of benzene rings is 2. The predicted molar refractivity (Wildman–Crippen MR) is 106 cm³/mol. The SMILES string of the molecule is COc1ccc(NC(N)=NCc2cc(F)cc(Br)c2)cc1Cl.I. The van der Waals surface area contributed by atoms with E-state index in [1.54, 1.807) is 31.4 Å². The maximum absolute atomic E-state index is 13.3. The van der Waals surface area contributed by atoms with Gasteiger partial charge in [0.1, 0.15) is 11.6 Å². The highest BCUT2D eigenvalue weighted by atomic mass is 127. The Hall–Kier alpha value is -1.06. The van der Waals surface area contributed by atoms with Gasteiger partial charge in [0.2, 0.25) is 0 Å². The lowest BCUT2D eigenvalue weighted by molar-refractivity contribution is 0.415. The van der Waals surface area contributed by atoms with E-state index in [-0.39, 0.29) is 42.3 Å². The van der Waals surface area contributed by atoms with Gasteiger partial charge in [0.25, 0.3) is 0 Å². The summed E-state index contributed by atoms with van der Waals surface area (Å²) in [4.78, 5) is 4.17. The molecule has 0 amide bonds. The Labute approximate surface area is 164 Å². The van der Waals surface area contributed by atoms with Crippen LogP contribution < -0.4 is 15.8 Å². The summed E-state index contributed by atoms with van der Waals surface area (Å²) in [6.07, 6.45) is 0. The molecule has 0 aliphatic heterocycles. The van der Waals surface area contributed by atoms with Crippen LogP contribution in [0.3, 0.4) is 0 Å². The molecule has 2 aromatic rings. The van der Waals surface area contributed by atoms with Crippen LogP contribution in [-0.4, -0.2) is 13.1 Å². The number of rotatable bonds is 4. The molecule has 0 atom stereocenters. The maximum atomic E-state index is 13.3. The fraction of sp³-hybridized carbons (Fsp3) is 0.133. The summed E-state index contributed by atoms with van der Waals surface area (Å²) in [7, 11) is 1.54. The summed E-state index contributed by atoms with van der Waals surface area (Å²) < 4.78 is 19.0. The summed E-state index contributed by atoms with van der Waals surface area (Å²) in [5.74, 6) is 0.460. The summed E-state index contributed by atoms with van der Waals surface area (Å²) in [5, 5.41) is 3.38. The zero-order chi connectivity index (χ0) is 16.1. The standard InChI is InChI=1S/C15H14BrClFN3O.HI/c1-22-14-3-2-12(7-13(14)17)21-15(19)20-8-9-4-10(16)6-11(18)5-9;/h2-7H,8H2,1H3,(H3,19,20,21);1H. The van der Waals surface area contributed by atoms with Crippen molar-refractivity contribution in [2.45, 2.75) is 6.54 Å². The molecule has 3 N–H and O–H groups in total. The maximum Gasteiger partial charge on any atom is 0.193 e. The minimum atomic E-state index is -0.326. The molecule has 0 radical (unpaired) electrons. The molecule has 0 aliphatic carbocycles. The Morgan fingerprint density at radius 1 is 1.35 bits per heavy atom. The number of nitrogens with two attached hydrogens (primary N) is 1.